The molecule has 2 rings (SSSR count). The van der Waals surface area contributed by atoms with Crippen LogP contribution in [0.25, 0.3) is 0 Å². The number of hydrogen-bond donors (Lipinski definition) is 0. The fourth-order valence-corrected chi connectivity index (χ4v) is 4.06. The molecule has 22 heavy (non-hydrogen) atoms. The minimum absolute atomic E-state index is 0.0671. The van der Waals surface area contributed by atoms with Crippen LogP contribution in [-0.4, -0.2) is 57.0 Å². The van der Waals surface area contributed by atoms with Crippen LogP contribution in [0.1, 0.15) is 12.0 Å². The van der Waals surface area contributed by atoms with Gasteiger partial charge in [-0.3, -0.25) is 0 Å². The quantitative estimate of drug-likeness (QED) is 0.839. The molecule has 0 spiro atoms. The predicted molar refractivity (Wildman–Crippen MR) is 84.2 cm³/mol. The lowest BCUT2D eigenvalue weighted by Crippen LogP contribution is -2.37. The van der Waals surface area contributed by atoms with Gasteiger partial charge in [0, 0.05) is 31.2 Å². The Balaban J connectivity index is 2.03. The summed E-state index contributed by atoms with van der Waals surface area (Å²) in [6.45, 7) is 1.53. The van der Waals surface area contributed by atoms with Crippen LogP contribution in [0, 0.1) is 0 Å². The van der Waals surface area contributed by atoms with Gasteiger partial charge in [0.2, 0.25) is 10.0 Å². The second kappa shape index (κ2) is 7.30. The molecule has 0 unspecified atom stereocenters. The molecule has 6 nitrogen and oxygen atoms in total. The topological polar surface area (TPSA) is 66.9 Å². The first-order valence-electron chi connectivity index (χ1n) is 6.97. The minimum Gasteiger partial charge on any atom is -0.453 e. The number of carbonyl (C=O) groups is 1. The maximum absolute atomic E-state index is 12.5. The Morgan fingerprint density at radius 3 is 2.50 bits per heavy atom. The van der Waals surface area contributed by atoms with E-state index < -0.39 is 16.1 Å². The van der Waals surface area contributed by atoms with Crippen LogP contribution in [0.4, 0.5) is 4.79 Å². The predicted octanol–water partition coefficient (Wildman–Crippen LogP) is 1.94. The molecule has 0 aliphatic carbocycles. The minimum atomic E-state index is -3.42. The molecule has 8 heteroatoms. The first-order valence-corrected chi connectivity index (χ1v) is 8.96. The smallest absolute Gasteiger partial charge is 0.409 e. The Morgan fingerprint density at radius 1 is 1.18 bits per heavy atom. The number of amides is 1. The van der Waals surface area contributed by atoms with Gasteiger partial charge in [-0.1, -0.05) is 23.7 Å². The molecule has 0 atom stereocenters. The third-order valence-corrected chi connectivity index (χ3v) is 5.65. The second-order valence-corrected chi connectivity index (χ2v) is 7.50. The van der Waals surface area contributed by atoms with Crippen molar-refractivity contribution < 1.29 is 17.9 Å². The van der Waals surface area contributed by atoms with Crippen LogP contribution in [0.5, 0.6) is 0 Å². The lowest BCUT2D eigenvalue weighted by atomic mass is 10.2. The van der Waals surface area contributed by atoms with Gasteiger partial charge < -0.3 is 9.64 Å². The zero-order chi connectivity index (χ0) is 16.2. The summed E-state index contributed by atoms with van der Waals surface area (Å²) in [5, 5.41) is 0.574. The fourth-order valence-electron chi connectivity index (χ4n) is 2.37. The van der Waals surface area contributed by atoms with Crippen molar-refractivity contribution in [3.8, 4) is 0 Å². The zero-order valence-electron chi connectivity index (χ0n) is 12.4. The second-order valence-electron chi connectivity index (χ2n) is 5.09. The van der Waals surface area contributed by atoms with E-state index in [1.807, 2.05) is 0 Å². The van der Waals surface area contributed by atoms with E-state index in [4.69, 9.17) is 11.6 Å². The maximum Gasteiger partial charge on any atom is 0.409 e. The Bertz CT molecular complexity index is 618. The number of halogens is 1. The van der Waals surface area contributed by atoms with Gasteiger partial charge in [0.05, 0.1) is 12.9 Å². The Labute approximate surface area is 135 Å². The average molecular weight is 347 g/mol. The average Bonchev–Trinajstić information content (AvgIpc) is 2.75. The highest BCUT2D eigenvalue weighted by molar-refractivity contribution is 7.88. The molecule has 0 bridgehead atoms. The van der Waals surface area contributed by atoms with E-state index >= 15 is 0 Å². The standard InChI is InChI=1S/C14H19ClN2O4S/c1-21-14(18)16-7-2-8-17(10-9-16)22(19,20)11-12-3-5-13(15)6-4-12/h3-6H,2,7-11H2,1H3. The van der Waals surface area contributed by atoms with Gasteiger partial charge in [-0.25, -0.2) is 13.2 Å². The van der Waals surface area contributed by atoms with Gasteiger partial charge in [-0.2, -0.15) is 4.31 Å². The van der Waals surface area contributed by atoms with Gasteiger partial charge in [0.25, 0.3) is 0 Å². The number of benzene rings is 1. The van der Waals surface area contributed by atoms with Crippen LogP contribution in [0.3, 0.4) is 0 Å². The Morgan fingerprint density at radius 2 is 1.86 bits per heavy atom. The SMILES string of the molecule is COC(=O)N1CCCN(S(=O)(=O)Cc2ccc(Cl)cc2)CC1. The molecular weight excluding hydrogens is 328 g/mol. The van der Waals surface area contributed by atoms with Crippen molar-refractivity contribution >= 4 is 27.7 Å². The molecule has 1 saturated heterocycles. The molecule has 0 aromatic heterocycles. The third-order valence-electron chi connectivity index (χ3n) is 3.54. The molecule has 1 aliphatic rings. The summed E-state index contributed by atoms with van der Waals surface area (Å²) in [4.78, 5) is 13.0. The van der Waals surface area contributed by atoms with Gasteiger partial charge in [0.1, 0.15) is 0 Å². The number of ether oxygens (including phenoxy) is 1. The van der Waals surface area contributed by atoms with Crippen molar-refractivity contribution in [2.75, 3.05) is 33.3 Å². The normalized spacial score (nSPS) is 17.1. The Kier molecular flexibility index (Phi) is 5.66. The number of nitrogens with zero attached hydrogens (tertiary/aromatic N) is 2. The lowest BCUT2D eigenvalue weighted by Gasteiger charge is -2.21. The highest BCUT2D eigenvalue weighted by atomic mass is 35.5. The first-order chi connectivity index (χ1) is 10.4. The molecular formula is C14H19ClN2O4S. The summed E-state index contributed by atoms with van der Waals surface area (Å²) in [5.41, 5.74) is 0.693. The summed E-state index contributed by atoms with van der Waals surface area (Å²) in [6.07, 6.45) is 0.173. The van der Waals surface area contributed by atoms with Crippen molar-refractivity contribution in [1.29, 1.82) is 0 Å². The molecule has 1 aromatic rings. The van der Waals surface area contributed by atoms with Crippen LogP contribution >= 0.6 is 11.6 Å². The number of hydrogen-bond acceptors (Lipinski definition) is 4. The van der Waals surface area contributed by atoms with Crippen molar-refractivity contribution in [1.82, 2.24) is 9.21 Å². The van der Waals surface area contributed by atoms with E-state index in [2.05, 4.69) is 4.74 Å². The molecule has 1 aromatic carbocycles. The van der Waals surface area contributed by atoms with E-state index in [9.17, 15) is 13.2 Å². The molecule has 1 amide bonds. The van der Waals surface area contributed by atoms with E-state index in [1.165, 1.54) is 16.3 Å². The number of methoxy groups -OCH3 is 1. The Hall–Kier alpha value is -1.31. The molecule has 122 valence electrons. The molecule has 1 heterocycles. The summed E-state index contributed by atoms with van der Waals surface area (Å²) in [7, 11) is -2.10. The first kappa shape index (κ1) is 17.1. The van der Waals surface area contributed by atoms with E-state index in [-0.39, 0.29) is 12.3 Å². The molecule has 1 fully saturated rings. The van der Waals surface area contributed by atoms with E-state index in [0.29, 0.717) is 36.6 Å². The summed E-state index contributed by atoms with van der Waals surface area (Å²) in [5.74, 6) is -0.0671. The zero-order valence-corrected chi connectivity index (χ0v) is 13.9. The number of carbonyl (C=O) groups excluding carboxylic acids is 1. The van der Waals surface area contributed by atoms with E-state index in [1.54, 1.807) is 24.3 Å². The van der Waals surface area contributed by atoms with Gasteiger partial charge in [-0.05, 0) is 24.1 Å². The summed E-state index contributed by atoms with van der Waals surface area (Å²) < 4.78 is 31.1. The van der Waals surface area contributed by atoms with Crippen molar-refractivity contribution in [3.63, 3.8) is 0 Å². The summed E-state index contributed by atoms with van der Waals surface area (Å²) in [6, 6.07) is 6.76. The van der Waals surface area contributed by atoms with Gasteiger partial charge in [0.15, 0.2) is 0 Å². The monoisotopic (exact) mass is 346 g/mol. The molecule has 0 N–H and O–H groups in total. The van der Waals surface area contributed by atoms with Crippen LogP contribution < -0.4 is 0 Å². The fraction of sp³-hybridized carbons (Fsp3) is 0.500. The third kappa shape index (κ3) is 4.34. The van der Waals surface area contributed by atoms with E-state index in [0.717, 1.165) is 0 Å². The number of sulfonamides is 1. The maximum atomic E-state index is 12.5. The van der Waals surface area contributed by atoms with Crippen molar-refractivity contribution in [2.24, 2.45) is 0 Å². The lowest BCUT2D eigenvalue weighted by molar-refractivity contribution is 0.126. The van der Waals surface area contributed by atoms with Crippen LogP contribution in [0.15, 0.2) is 24.3 Å². The van der Waals surface area contributed by atoms with Gasteiger partial charge >= 0.3 is 6.09 Å². The highest BCUT2D eigenvalue weighted by Crippen LogP contribution is 2.16. The molecule has 0 radical (unpaired) electrons. The van der Waals surface area contributed by atoms with Crippen molar-refractivity contribution in [3.05, 3.63) is 34.9 Å². The largest absolute Gasteiger partial charge is 0.453 e. The van der Waals surface area contributed by atoms with Crippen molar-refractivity contribution in [2.45, 2.75) is 12.2 Å². The van der Waals surface area contributed by atoms with Crippen LogP contribution in [0.2, 0.25) is 5.02 Å². The summed E-state index contributed by atoms with van der Waals surface area (Å²) >= 11 is 5.80. The molecule has 0 saturated carbocycles. The van der Waals surface area contributed by atoms with Crippen LogP contribution in [-0.2, 0) is 20.5 Å². The molecule has 1 aliphatic heterocycles. The number of rotatable bonds is 3. The highest BCUT2D eigenvalue weighted by Gasteiger charge is 2.27. The van der Waals surface area contributed by atoms with Gasteiger partial charge in [-0.15, -0.1) is 0 Å².